The van der Waals surface area contributed by atoms with Gasteiger partial charge in [-0.25, -0.2) is 0 Å². The topological polar surface area (TPSA) is 111 Å². The minimum absolute atomic E-state index is 0.0553. The van der Waals surface area contributed by atoms with Gasteiger partial charge in [0.05, 0.1) is 26.3 Å². The first kappa shape index (κ1) is 37.3. The number of carbonyl (C=O) groups excluding carboxylic acids is 1. The number of ether oxygens (including phenoxy) is 2. The molecule has 0 unspecified atom stereocenters. The summed E-state index contributed by atoms with van der Waals surface area (Å²) in [5.41, 5.74) is 9.29. The highest BCUT2D eigenvalue weighted by molar-refractivity contribution is 5.99. The number of morpholine rings is 1. The summed E-state index contributed by atoms with van der Waals surface area (Å²) in [6.07, 6.45) is 1.82. The van der Waals surface area contributed by atoms with Crippen LogP contribution < -0.4 is 16.0 Å². The van der Waals surface area contributed by atoms with E-state index in [4.69, 9.17) is 9.47 Å². The number of nitrogens with zero attached hydrogens (tertiary/aromatic N) is 3. The molecule has 1 amide bonds. The number of amides is 1. The van der Waals surface area contributed by atoms with E-state index in [2.05, 4.69) is 57.0 Å². The zero-order valence-corrected chi connectivity index (χ0v) is 31.6. The molecule has 2 aliphatic rings. The number of aromatic amines is 2. The fraction of sp³-hybridized carbons (Fsp3) is 0.452. The number of pyridine rings is 2. The zero-order valence-electron chi connectivity index (χ0n) is 31.6. The minimum atomic E-state index is -0.232. The van der Waals surface area contributed by atoms with Crippen molar-refractivity contribution in [3.63, 3.8) is 0 Å². The third-order valence-corrected chi connectivity index (χ3v) is 10.7. The van der Waals surface area contributed by atoms with Crippen LogP contribution in [0.25, 0.3) is 11.1 Å². The van der Waals surface area contributed by atoms with E-state index >= 15 is 4.79 Å². The van der Waals surface area contributed by atoms with Crippen LogP contribution in [0, 0.1) is 34.6 Å². The van der Waals surface area contributed by atoms with Gasteiger partial charge in [0.25, 0.3) is 17.0 Å². The Hall–Kier alpha value is -4.51. The van der Waals surface area contributed by atoms with Crippen molar-refractivity contribution in [3.05, 3.63) is 120 Å². The number of benzene rings is 2. The smallest absolute Gasteiger partial charge is 0.254 e. The molecule has 0 aliphatic carbocycles. The SMILES string of the molecule is CCN(c1cc(-c2ccc(CN3CCOCC3)cc2)cc(C(=O)N(Cc2c(C)cc(C)[nH]c2=O)Cc2c(C)cc(C)[nH]c2=O)c1C)C1CCOCC1. The molecular weight excluding hydrogens is 654 g/mol. The Balaban J connectivity index is 1.45. The van der Waals surface area contributed by atoms with E-state index in [0.29, 0.717) is 29.9 Å². The Morgan fingerprint density at radius 3 is 1.87 bits per heavy atom. The van der Waals surface area contributed by atoms with Gasteiger partial charge in [-0.15, -0.1) is 0 Å². The van der Waals surface area contributed by atoms with Crippen molar-refractivity contribution in [1.29, 1.82) is 0 Å². The van der Waals surface area contributed by atoms with Crippen molar-refractivity contribution in [2.45, 2.75) is 80.1 Å². The van der Waals surface area contributed by atoms with Crippen LogP contribution in [-0.4, -0.2) is 77.8 Å². The number of hydrogen-bond acceptors (Lipinski definition) is 7. The Bertz CT molecular complexity index is 1940. The van der Waals surface area contributed by atoms with Gasteiger partial charge in [0.2, 0.25) is 0 Å². The van der Waals surface area contributed by atoms with E-state index in [1.807, 2.05) is 52.8 Å². The quantitative estimate of drug-likeness (QED) is 0.198. The molecule has 10 nitrogen and oxygen atoms in total. The highest BCUT2D eigenvalue weighted by Crippen LogP contribution is 2.35. The largest absolute Gasteiger partial charge is 0.381 e. The van der Waals surface area contributed by atoms with Gasteiger partial charge in [-0.05, 0) is 112 Å². The van der Waals surface area contributed by atoms with Gasteiger partial charge in [-0.1, -0.05) is 24.3 Å². The summed E-state index contributed by atoms with van der Waals surface area (Å²) >= 11 is 0. The van der Waals surface area contributed by atoms with E-state index in [1.165, 1.54) is 5.56 Å². The van der Waals surface area contributed by atoms with Crippen LogP contribution in [-0.2, 0) is 29.1 Å². The second-order valence-corrected chi connectivity index (χ2v) is 14.4. The van der Waals surface area contributed by atoms with Crippen molar-refractivity contribution in [3.8, 4) is 11.1 Å². The van der Waals surface area contributed by atoms with Crippen LogP contribution in [0.4, 0.5) is 5.69 Å². The highest BCUT2D eigenvalue weighted by atomic mass is 16.5. The van der Waals surface area contributed by atoms with E-state index in [1.54, 1.807) is 4.90 Å². The molecule has 2 aliphatic heterocycles. The fourth-order valence-electron chi connectivity index (χ4n) is 7.74. The summed E-state index contributed by atoms with van der Waals surface area (Å²) in [6.45, 7) is 18.2. The lowest BCUT2D eigenvalue weighted by Gasteiger charge is -2.37. The normalized spacial score (nSPS) is 15.5. The number of carbonyl (C=O) groups is 1. The molecule has 0 saturated carbocycles. The van der Waals surface area contributed by atoms with Crippen LogP contribution in [0.1, 0.15) is 74.9 Å². The van der Waals surface area contributed by atoms with Crippen LogP contribution in [0.2, 0.25) is 0 Å². The Kier molecular flexibility index (Phi) is 11.8. The second kappa shape index (κ2) is 16.4. The summed E-state index contributed by atoms with van der Waals surface area (Å²) in [5, 5.41) is 0. The maximum atomic E-state index is 15.1. The molecule has 2 fully saturated rings. The Labute approximate surface area is 306 Å². The molecule has 0 spiro atoms. The monoisotopic (exact) mass is 707 g/mol. The summed E-state index contributed by atoms with van der Waals surface area (Å²) in [6, 6.07) is 17.0. The van der Waals surface area contributed by atoms with Crippen molar-refractivity contribution in [2.24, 2.45) is 0 Å². The van der Waals surface area contributed by atoms with Crippen LogP contribution >= 0.6 is 0 Å². The highest BCUT2D eigenvalue weighted by Gasteiger charge is 2.28. The molecule has 52 heavy (non-hydrogen) atoms. The molecule has 276 valence electrons. The lowest BCUT2D eigenvalue weighted by molar-refractivity contribution is 0.0342. The first-order valence-electron chi connectivity index (χ1n) is 18.6. The number of hydrogen-bond donors (Lipinski definition) is 2. The van der Waals surface area contributed by atoms with Crippen molar-refractivity contribution < 1.29 is 14.3 Å². The molecule has 10 heteroatoms. The summed E-state index contributed by atoms with van der Waals surface area (Å²) in [7, 11) is 0. The number of nitrogens with one attached hydrogen (secondary N) is 2. The van der Waals surface area contributed by atoms with Crippen LogP contribution in [0.5, 0.6) is 0 Å². The Morgan fingerprint density at radius 2 is 1.33 bits per heavy atom. The average Bonchev–Trinajstić information content (AvgIpc) is 3.12. The number of anilines is 1. The van der Waals surface area contributed by atoms with E-state index in [0.717, 1.165) is 97.1 Å². The molecule has 4 heterocycles. The lowest BCUT2D eigenvalue weighted by Crippen LogP contribution is -2.40. The van der Waals surface area contributed by atoms with Crippen LogP contribution in [0.3, 0.4) is 0 Å². The third-order valence-electron chi connectivity index (χ3n) is 10.7. The number of H-pyrrole nitrogens is 2. The van der Waals surface area contributed by atoms with Gasteiger partial charge in [-0.2, -0.15) is 0 Å². The predicted molar refractivity (Wildman–Crippen MR) is 206 cm³/mol. The minimum Gasteiger partial charge on any atom is -0.381 e. The molecule has 6 rings (SSSR count). The van der Waals surface area contributed by atoms with Gasteiger partial charge >= 0.3 is 0 Å². The van der Waals surface area contributed by atoms with Gasteiger partial charge in [0, 0.05) is 79.2 Å². The summed E-state index contributed by atoms with van der Waals surface area (Å²) < 4.78 is 11.3. The van der Waals surface area contributed by atoms with Crippen molar-refractivity contribution in [1.82, 2.24) is 19.8 Å². The van der Waals surface area contributed by atoms with E-state index in [9.17, 15) is 9.59 Å². The maximum absolute atomic E-state index is 15.1. The number of rotatable bonds is 11. The number of aromatic nitrogens is 2. The molecule has 2 N–H and O–H groups in total. The van der Waals surface area contributed by atoms with Gasteiger partial charge in [-0.3, -0.25) is 19.3 Å². The molecule has 0 atom stereocenters. The predicted octanol–water partition coefficient (Wildman–Crippen LogP) is 5.95. The molecule has 0 bridgehead atoms. The summed E-state index contributed by atoms with van der Waals surface area (Å²) in [4.78, 5) is 54.0. The second-order valence-electron chi connectivity index (χ2n) is 14.4. The van der Waals surface area contributed by atoms with Gasteiger partial charge in [0.1, 0.15) is 0 Å². The molecule has 2 saturated heterocycles. The van der Waals surface area contributed by atoms with E-state index in [-0.39, 0.29) is 36.2 Å². The zero-order chi connectivity index (χ0) is 36.9. The molecule has 2 aromatic heterocycles. The molecule has 4 aromatic rings. The van der Waals surface area contributed by atoms with Crippen molar-refractivity contribution >= 4 is 11.6 Å². The van der Waals surface area contributed by atoms with Gasteiger partial charge in [0.15, 0.2) is 0 Å². The van der Waals surface area contributed by atoms with Gasteiger partial charge < -0.3 is 29.2 Å². The standard InChI is InChI=1S/C42H53N5O5/c1-7-47(35-12-16-51-17-13-35)39-23-34(33-10-8-32(9-11-33)24-45-14-18-52-19-15-45)22-36(31(39)6)42(50)46(25-37-27(2)20-29(4)43-40(37)48)26-38-28(3)21-30(5)44-41(38)49/h8-11,20-23,35H,7,12-19,24-26H2,1-6H3,(H,43,48)(H,44,49). The first-order valence-corrected chi connectivity index (χ1v) is 18.6. The maximum Gasteiger partial charge on any atom is 0.254 e. The lowest BCUT2D eigenvalue weighted by atomic mass is 9.94. The molecule has 0 radical (unpaired) electrons. The third kappa shape index (κ3) is 8.41. The molecular formula is C42H53N5O5. The fourth-order valence-corrected chi connectivity index (χ4v) is 7.74. The Morgan fingerprint density at radius 1 is 0.769 bits per heavy atom. The number of aryl methyl sites for hydroxylation is 4. The van der Waals surface area contributed by atoms with E-state index < -0.39 is 0 Å². The summed E-state index contributed by atoms with van der Waals surface area (Å²) in [5.74, 6) is -0.230. The first-order chi connectivity index (χ1) is 25.0. The average molecular weight is 708 g/mol. The van der Waals surface area contributed by atoms with Crippen LogP contribution in [0.15, 0.2) is 58.1 Å². The molecule has 2 aromatic carbocycles. The van der Waals surface area contributed by atoms with Crippen molar-refractivity contribution in [2.75, 3.05) is 51.0 Å².